The van der Waals surface area contributed by atoms with Gasteiger partial charge in [-0.2, -0.15) is 0 Å². The van der Waals surface area contributed by atoms with E-state index in [-0.39, 0.29) is 17.7 Å². The van der Waals surface area contributed by atoms with Gasteiger partial charge in [0.1, 0.15) is 11.6 Å². The molecular weight excluding hydrogens is 270 g/mol. The van der Waals surface area contributed by atoms with Crippen molar-refractivity contribution in [3.8, 4) is 11.1 Å². The van der Waals surface area contributed by atoms with E-state index < -0.39 is 0 Å². The first-order chi connectivity index (χ1) is 10.1. The molecule has 2 aromatic carbocycles. The molecule has 0 aromatic heterocycles. The van der Waals surface area contributed by atoms with Crippen molar-refractivity contribution in [3.63, 3.8) is 0 Å². The van der Waals surface area contributed by atoms with Crippen molar-refractivity contribution in [2.75, 3.05) is 24.5 Å². The third-order valence-electron chi connectivity index (χ3n) is 3.91. The first-order valence-electron chi connectivity index (χ1n) is 7.18. The summed E-state index contributed by atoms with van der Waals surface area (Å²) in [6.07, 6.45) is 0. The highest BCUT2D eigenvalue weighted by Crippen LogP contribution is 2.29. The molecule has 2 nitrogen and oxygen atoms in total. The Morgan fingerprint density at radius 1 is 1.10 bits per heavy atom. The molecule has 0 spiro atoms. The second-order valence-electron chi connectivity index (χ2n) is 5.42. The molecule has 0 saturated carbocycles. The highest BCUT2D eigenvalue weighted by Gasteiger charge is 2.21. The molecule has 0 amide bonds. The molecule has 110 valence electrons. The van der Waals surface area contributed by atoms with Gasteiger partial charge in [0.2, 0.25) is 0 Å². The molecule has 0 bridgehead atoms. The van der Waals surface area contributed by atoms with Crippen molar-refractivity contribution in [1.29, 1.82) is 0 Å². The van der Waals surface area contributed by atoms with Gasteiger partial charge in [0.15, 0.2) is 0 Å². The Balaban J connectivity index is 2.00. The summed E-state index contributed by atoms with van der Waals surface area (Å²) in [5, 5.41) is 3.29. The van der Waals surface area contributed by atoms with Gasteiger partial charge in [0.05, 0.1) is 5.69 Å². The number of hydrogen-bond donors (Lipinski definition) is 1. The molecule has 1 fully saturated rings. The molecule has 1 aliphatic heterocycles. The maximum Gasteiger partial charge on any atom is 0.146 e. The largest absolute Gasteiger partial charge is 0.364 e. The summed E-state index contributed by atoms with van der Waals surface area (Å²) in [6, 6.07) is 11.6. The fourth-order valence-corrected chi connectivity index (χ4v) is 2.78. The number of anilines is 1. The number of rotatable bonds is 2. The van der Waals surface area contributed by atoms with Crippen LogP contribution in [0, 0.1) is 11.6 Å². The van der Waals surface area contributed by atoms with Crippen molar-refractivity contribution in [2.24, 2.45) is 0 Å². The van der Waals surface area contributed by atoms with Crippen LogP contribution in [0.2, 0.25) is 0 Å². The van der Waals surface area contributed by atoms with E-state index in [1.807, 2.05) is 12.1 Å². The SMILES string of the molecule is C[C@H]1CNCCN1c1cc(-c2cccc(F)c2)ccc1F. The van der Waals surface area contributed by atoms with Crippen LogP contribution >= 0.6 is 0 Å². The zero-order valence-electron chi connectivity index (χ0n) is 11.9. The van der Waals surface area contributed by atoms with Crippen molar-refractivity contribution in [1.82, 2.24) is 5.32 Å². The van der Waals surface area contributed by atoms with E-state index in [0.717, 1.165) is 30.8 Å². The number of benzene rings is 2. The van der Waals surface area contributed by atoms with E-state index >= 15 is 0 Å². The van der Waals surface area contributed by atoms with Gasteiger partial charge in [0, 0.05) is 25.7 Å². The van der Waals surface area contributed by atoms with Gasteiger partial charge in [-0.25, -0.2) is 8.78 Å². The lowest BCUT2D eigenvalue weighted by molar-refractivity contribution is 0.491. The Bertz CT molecular complexity index is 642. The minimum Gasteiger partial charge on any atom is -0.364 e. The zero-order chi connectivity index (χ0) is 14.8. The summed E-state index contributed by atoms with van der Waals surface area (Å²) in [7, 11) is 0. The standard InChI is InChI=1S/C17H18F2N2/c1-12-11-20-7-8-21(12)17-10-14(5-6-16(17)19)13-3-2-4-15(18)9-13/h2-6,9-10,12,20H,7-8,11H2,1H3/t12-/m0/s1. The molecule has 4 heteroatoms. The Hall–Kier alpha value is -1.94. The molecule has 0 radical (unpaired) electrons. The molecule has 1 aliphatic rings. The lowest BCUT2D eigenvalue weighted by atomic mass is 10.0. The zero-order valence-corrected chi connectivity index (χ0v) is 11.9. The van der Waals surface area contributed by atoms with Crippen molar-refractivity contribution in [3.05, 3.63) is 54.1 Å². The van der Waals surface area contributed by atoms with E-state index in [1.54, 1.807) is 12.1 Å². The van der Waals surface area contributed by atoms with Gasteiger partial charge in [0.25, 0.3) is 0 Å². The number of nitrogens with zero attached hydrogens (tertiary/aromatic N) is 1. The van der Waals surface area contributed by atoms with Gasteiger partial charge in [-0.05, 0) is 42.3 Å². The first-order valence-corrected chi connectivity index (χ1v) is 7.18. The predicted molar refractivity (Wildman–Crippen MR) is 81.5 cm³/mol. The van der Waals surface area contributed by atoms with Crippen LogP contribution in [0.4, 0.5) is 14.5 Å². The quantitative estimate of drug-likeness (QED) is 0.911. The molecule has 2 aromatic rings. The van der Waals surface area contributed by atoms with Crippen LogP contribution in [0.5, 0.6) is 0 Å². The van der Waals surface area contributed by atoms with Gasteiger partial charge >= 0.3 is 0 Å². The summed E-state index contributed by atoms with van der Waals surface area (Å²) >= 11 is 0. The van der Waals surface area contributed by atoms with E-state index in [9.17, 15) is 8.78 Å². The van der Waals surface area contributed by atoms with E-state index in [0.29, 0.717) is 5.69 Å². The normalized spacial score (nSPS) is 18.8. The molecule has 3 rings (SSSR count). The van der Waals surface area contributed by atoms with Crippen molar-refractivity contribution < 1.29 is 8.78 Å². The second-order valence-corrected chi connectivity index (χ2v) is 5.42. The van der Waals surface area contributed by atoms with E-state index in [1.165, 1.54) is 18.2 Å². The summed E-state index contributed by atoms with van der Waals surface area (Å²) < 4.78 is 27.5. The van der Waals surface area contributed by atoms with Crippen LogP contribution in [0.3, 0.4) is 0 Å². The van der Waals surface area contributed by atoms with Gasteiger partial charge in [-0.3, -0.25) is 0 Å². The van der Waals surface area contributed by atoms with Crippen LogP contribution in [-0.2, 0) is 0 Å². The molecule has 21 heavy (non-hydrogen) atoms. The van der Waals surface area contributed by atoms with Crippen LogP contribution in [-0.4, -0.2) is 25.7 Å². The predicted octanol–water partition coefficient (Wildman–Crippen LogP) is 3.43. The summed E-state index contributed by atoms with van der Waals surface area (Å²) in [5.41, 5.74) is 2.18. The Kier molecular flexibility index (Phi) is 3.88. The molecule has 1 atom stereocenters. The van der Waals surface area contributed by atoms with Crippen LogP contribution in [0.1, 0.15) is 6.92 Å². The third-order valence-corrected chi connectivity index (χ3v) is 3.91. The highest BCUT2D eigenvalue weighted by atomic mass is 19.1. The molecule has 1 saturated heterocycles. The monoisotopic (exact) mass is 288 g/mol. The molecule has 0 unspecified atom stereocenters. The van der Waals surface area contributed by atoms with Crippen molar-refractivity contribution >= 4 is 5.69 Å². The topological polar surface area (TPSA) is 15.3 Å². The van der Waals surface area contributed by atoms with Crippen LogP contribution < -0.4 is 10.2 Å². The van der Waals surface area contributed by atoms with E-state index in [4.69, 9.17) is 0 Å². The first kappa shape index (κ1) is 14.0. The van der Waals surface area contributed by atoms with Gasteiger partial charge in [-0.15, -0.1) is 0 Å². The van der Waals surface area contributed by atoms with Gasteiger partial charge < -0.3 is 10.2 Å². The smallest absolute Gasteiger partial charge is 0.146 e. The average Bonchev–Trinajstić information content (AvgIpc) is 2.49. The van der Waals surface area contributed by atoms with E-state index in [2.05, 4.69) is 17.1 Å². The number of halogens is 2. The Labute approximate surface area is 123 Å². The number of piperazine rings is 1. The Morgan fingerprint density at radius 2 is 1.90 bits per heavy atom. The average molecular weight is 288 g/mol. The number of nitrogens with one attached hydrogen (secondary N) is 1. The third kappa shape index (κ3) is 2.90. The summed E-state index contributed by atoms with van der Waals surface area (Å²) in [6.45, 7) is 4.52. The highest BCUT2D eigenvalue weighted by molar-refractivity contribution is 5.69. The molecule has 0 aliphatic carbocycles. The fourth-order valence-electron chi connectivity index (χ4n) is 2.78. The lowest BCUT2D eigenvalue weighted by Crippen LogP contribution is -2.50. The second kappa shape index (κ2) is 5.82. The molecular formula is C17H18F2N2. The summed E-state index contributed by atoms with van der Waals surface area (Å²) in [4.78, 5) is 2.06. The number of hydrogen-bond acceptors (Lipinski definition) is 2. The Morgan fingerprint density at radius 3 is 2.67 bits per heavy atom. The van der Waals surface area contributed by atoms with Crippen LogP contribution in [0.15, 0.2) is 42.5 Å². The molecule has 1 heterocycles. The van der Waals surface area contributed by atoms with Gasteiger partial charge in [-0.1, -0.05) is 18.2 Å². The van der Waals surface area contributed by atoms with Crippen molar-refractivity contribution in [2.45, 2.75) is 13.0 Å². The minimum atomic E-state index is -0.283. The maximum absolute atomic E-state index is 14.2. The van der Waals surface area contributed by atoms with Crippen LogP contribution in [0.25, 0.3) is 11.1 Å². The maximum atomic E-state index is 14.2. The molecule has 1 N–H and O–H groups in total. The summed E-state index contributed by atoms with van der Waals surface area (Å²) in [5.74, 6) is -0.516. The lowest BCUT2D eigenvalue weighted by Gasteiger charge is -2.36. The minimum absolute atomic E-state index is 0.232. The fraction of sp³-hybridized carbons (Fsp3) is 0.294.